The second-order valence-corrected chi connectivity index (χ2v) is 2.32. The first-order valence-electron chi connectivity index (χ1n) is 2.38. The zero-order chi connectivity index (χ0) is 8.91. The number of nitrogens with two attached hydrogens (primary N) is 1. The maximum Gasteiger partial charge on any atom is 0.350 e. The van der Waals surface area contributed by atoms with E-state index in [0.717, 1.165) is 0 Å². The van der Waals surface area contributed by atoms with Crippen LogP contribution in [0.3, 0.4) is 0 Å². The summed E-state index contributed by atoms with van der Waals surface area (Å²) in [5.41, 5.74) is 5.17. The standard InChI is InChI=1S/C3H5N3.H2O4S/c4-3-5-1-2-6-3;1-5(2,3)4/h1-2H,(H3,4,5,6);(H2,1,2,3,4)/i3+1,4+1,5+1,6+1;. The monoisotopic (exact) mass is 185 g/mol. The number of nitrogens with one attached hydrogen (secondary N) is 2. The lowest BCUT2D eigenvalue weighted by molar-refractivity contribution is -0.357. The molecule has 0 unspecified atom stereocenters. The van der Waals surface area contributed by atoms with E-state index in [1.807, 2.05) is 0 Å². The number of hydrogen-bond acceptors (Lipinski definition) is 4. The van der Waals surface area contributed by atoms with Crippen LogP contribution in [0.15, 0.2) is 12.4 Å². The van der Waals surface area contributed by atoms with Crippen molar-refractivity contribution in [1.29, 1.82) is 0 Å². The summed E-state index contributed by atoms with van der Waals surface area (Å²) in [6, 6.07) is 0. The Bertz CT molecular complexity index is 270. The summed E-state index contributed by atoms with van der Waals surface area (Å²) in [6.07, 6.45) is 3.46. The van der Waals surface area contributed by atoms with Gasteiger partial charge in [0.15, 0.2) is 0 Å². The number of anilines is 1. The molecule has 0 fully saturated rings. The Morgan fingerprint density at radius 1 is 1.73 bits per heavy atom. The number of imidazole rings is 1. The first-order chi connectivity index (χ1) is 4.89. The predicted octanol–water partition coefficient (Wildman–Crippen LogP) is -1.58. The van der Waals surface area contributed by atoms with Crippen LogP contribution < -0.4 is 10.7 Å². The van der Waals surface area contributed by atoms with E-state index >= 15 is 0 Å². The highest BCUT2D eigenvalue weighted by Crippen LogP contribution is 1.73. The molecule has 0 saturated carbocycles. The topological polar surface area (TPSA) is 133 Å². The number of nitrogen functional groups attached to an aromatic ring is 1. The molecule has 11 heavy (non-hydrogen) atoms. The third kappa shape index (κ3) is 12.2. The molecule has 1 heterocycles. The van der Waals surface area contributed by atoms with Crippen LogP contribution in [0.5, 0.6) is 0 Å². The molecule has 0 radical (unpaired) electrons. The van der Waals surface area contributed by atoms with Crippen LogP contribution in [-0.2, 0) is 10.4 Å². The first kappa shape index (κ1) is 9.88. The molecule has 0 bridgehead atoms. The summed E-state index contributed by atoms with van der Waals surface area (Å²) in [5, 5.41) is 0. The van der Waals surface area contributed by atoms with Crippen LogP contribution in [0.2, 0.25) is 0 Å². The molecular formula is C3H7N3O4S. The number of aromatic amines is 2. The highest BCUT2D eigenvalue weighted by molar-refractivity contribution is 7.79. The van der Waals surface area contributed by atoms with E-state index in [1.54, 1.807) is 12.4 Å². The Labute approximate surface area is 62.8 Å². The lowest BCUT2D eigenvalue weighted by Gasteiger charge is -1.88. The maximum absolute atomic E-state index is 8.63. The highest BCUT2D eigenvalue weighted by Gasteiger charge is 1.82. The van der Waals surface area contributed by atoms with Crippen LogP contribution in [0.1, 0.15) is 0 Å². The summed E-state index contributed by atoms with van der Waals surface area (Å²) < 4.78 is 32.8. The van der Waals surface area contributed by atoms with Crippen LogP contribution in [0.25, 0.3) is 0 Å². The van der Waals surface area contributed by atoms with E-state index < -0.39 is 10.4 Å². The van der Waals surface area contributed by atoms with Crippen molar-refractivity contribution in [3.63, 3.8) is 0 Å². The highest BCUT2D eigenvalue weighted by atomic mass is 32.3. The molecule has 0 atom stereocenters. The lowest BCUT2D eigenvalue weighted by Crippen LogP contribution is -2.03. The van der Waals surface area contributed by atoms with Crippen molar-refractivity contribution in [3.05, 3.63) is 12.4 Å². The maximum atomic E-state index is 8.63. The molecule has 1 aromatic heterocycles. The summed E-state index contributed by atoms with van der Waals surface area (Å²) in [4.78, 5) is 5.44. The largest absolute Gasteiger partial charge is 0.726 e. The van der Waals surface area contributed by atoms with Crippen molar-refractivity contribution >= 4 is 16.3 Å². The SMILES string of the molecule is O=S(=O)([O-])O.[15NH2][13c]1[15nH]cc[15nH+]1. The van der Waals surface area contributed by atoms with Crippen LogP contribution in [0, 0.1) is 0 Å². The molecule has 0 aliphatic heterocycles. The van der Waals surface area contributed by atoms with Gasteiger partial charge in [-0.3, -0.25) is 10.3 Å². The van der Waals surface area contributed by atoms with Crippen LogP contribution in [0.4, 0.5) is 5.95 Å². The van der Waals surface area contributed by atoms with Gasteiger partial charge < -0.3 is 4.55 Å². The number of H-pyrrole nitrogens is 2. The van der Waals surface area contributed by atoms with Gasteiger partial charge in [-0.1, -0.05) is 0 Å². The minimum atomic E-state index is -4.92. The molecule has 0 amide bonds. The van der Waals surface area contributed by atoms with Crippen molar-refractivity contribution in [2.75, 3.05) is 5.73 Å². The third-order valence-electron chi connectivity index (χ3n) is 0.561. The Balaban J connectivity index is 0.000000187. The summed E-state index contributed by atoms with van der Waals surface area (Å²) in [5.74, 6) is 0.593. The molecule has 0 spiro atoms. The molecule has 64 valence electrons. The summed E-state index contributed by atoms with van der Waals surface area (Å²) >= 11 is 0. The zero-order valence-corrected chi connectivity index (χ0v) is 6.13. The number of aromatic nitrogens is 2. The van der Waals surface area contributed by atoms with E-state index in [1.165, 1.54) is 0 Å². The zero-order valence-electron chi connectivity index (χ0n) is 5.31. The predicted molar refractivity (Wildman–Crippen MR) is 34.1 cm³/mol. The average Bonchev–Trinajstić information content (AvgIpc) is 2.12. The fourth-order valence-electron chi connectivity index (χ4n) is 0.305. The molecule has 1 rings (SSSR count). The van der Waals surface area contributed by atoms with Crippen LogP contribution >= 0.6 is 0 Å². The van der Waals surface area contributed by atoms with Crippen molar-refractivity contribution in [2.45, 2.75) is 0 Å². The van der Waals surface area contributed by atoms with Gasteiger partial charge in [-0.05, 0) is 0 Å². The van der Waals surface area contributed by atoms with Crippen molar-refractivity contribution in [2.24, 2.45) is 0 Å². The fraction of sp³-hybridized carbons (Fsp3) is 0. The minimum Gasteiger partial charge on any atom is -0.726 e. The Kier molecular flexibility index (Phi) is 3.51. The van der Waals surface area contributed by atoms with E-state index in [2.05, 4.69) is 9.97 Å². The van der Waals surface area contributed by atoms with Crippen LogP contribution in [-0.4, -0.2) is 22.5 Å². The lowest BCUT2D eigenvalue weighted by atomic mass is 11.0. The van der Waals surface area contributed by atoms with Gasteiger partial charge in [0.25, 0.3) is 0 Å². The van der Waals surface area contributed by atoms with E-state index in [0.29, 0.717) is 5.95 Å². The van der Waals surface area contributed by atoms with Gasteiger partial charge in [-0.15, -0.1) is 0 Å². The third-order valence-corrected chi connectivity index (χ3v) is 0.561. The second kappa shape index (κ2) is 3.91. The number of rotatable bonds is 0. The quantitative estimate of drug-likeness (QED) is 0.254. The molecule has 5 N–H and O–H groups in total. The van der Waals surface area contributed by atoms with E-state index in [4.69, 9.17) is 23.3 Å². The Morgan fingerprint density at radius 2 is 2.18 bits per heavy atom. The first-order valence-corrected chi connectivity index (χ1v) is 3.75. The molecule has 8 heteroatoms. The Morgan fingerprint density at radius 3 is 2.27 bits per heavy atom. The molecule has 0 aliphatic rings. The molecule has 0 aliphatic carbocycles. The van der Waals surface area contributed by atoms with E-state index in [-0.39, 0.29) is 0 Å². The molecule has 1 aromatic rings. The Hall–Kier alpha value is -1.12. The smallest absolute Gasteiger partial charge is 0.350 e. The van der Waals surface area contributed by atoms with Crippen molar-refractivity contribution in [3.8, 4) is 0 Å². The van der Waals surface area contributed by atoms with Gasteiger partial charge in [0.1, 0.15) is 0 Å². The second-order valence-electron chi connectivity index (χ2n) is 1.46. The molecule has 0 saturated heterocycles. The molecule has 0 aromatic carbocycles. The van der Waals surface area contributed by atoms with Gasteiger partial charge in [-0.25, -0.2) is 18.4 Å². The fourth-order valence-corrected chi connectivity index (χ4v) is 0.305. The van der Waals surface area contributed by atoms with Gasteiger partial charge >= 0.3 is 5.95 Å². The molecule has 7 nitrogen and oxygen atoms in total. The van der Waals surface area contributed by atoms with E-state index in [9.17, 15) is 0 Å². The van der Waals surface area contributed by atoms with Gasteiger partial charge in [0.2, 0.25) is 10.4 Å². The van der Waals surface area contributed by atoms with Crippen molar-refractivity contribution in [1.82, 2.24) is 4.98 Å². The number of hydrogen-bond donors (Lipinski definition) is 3. The van der Waals surface area contributed by atoms with Crippen molar-refractivity contribution < 1.29 is 22.5 Å². The molecular weight excluding hydrogens is 178 g/mol. The van der Waals surface area contributed by atoms with Gasteiger partial charge in [0.05, 0.1) is 12.4 Å². The summed E-state index contributed by atoms with van der Waals surface area (Å²) in [7, 11) is -4.92. The average molecular weight is 185 g/mol. The van der Waals surface area contributed by atoms with Gasteiger partial charge in [-0.2, -0.15) is 0 Å². The summed E-state index contributed by atoms with van der Waals surface area (Å²) in [6.45, 7) is 0. The minimum absolute atomic E-state index is 0.593. The normalized spacial score (nSPS) is 10.0. The van der Waals surface area contributed by atoms with Gasteiger partial charge in [0, 0.05) is 0 Å².